The van der Waals surface area contributed by atoms with Crippen LogP contribution in [0.4, 0.5) is 5.69 Å². The van der Waals surface area contributed by atoms with Gasteiger partial charge in [-0.1, -0.05) is 0 Å². The van der Waals surface area contributed by atoms with Crippen LogP contribution < -0.4 is 4.74 Å². The Labute approximate surface area is 117 Å². The highest BCUT2D eigenvalue weighted by atomic mass is 79.9. The zero-order valence-corrected chi connectivity index (χ0v) is 12.1. The summed E-state index contributed by atoms with van der Waals surface area (Å²) in [6.07, 6.45) is 0. The fraction of sp³-hybridized carbons (Fsp3) is 0.273. The normalized spacial score (nSPS) is 10.5. The number of aromatic nitrogens is 3. The summed E-state index contributed by atoms with van der Waals surface area (Å²) in [6.45, 7) is 3.40. The molecule has 0 amide bonds. The van der Waals surface area contributed by atoms with Gasteiger partial charge >= 0.3 is 5.69 Å². The highest BCUT2D eigenvalue weighted by Gasteiger charge is 2.26. The maximum Gasteiger partial charge on any atom is 0.353 e. The van der Waals surface area contributed by atoms with Crippen molar-refractivity contribution >= 4 is 21.6 Å². The van der Waals surface area contributed by atoms with Crippen LogP contribution in [-0.2, 0) is 7.05 Å². The van der Waals surface area contributed by atoms with E-state index in [0.717, 1.165) is 5.69 Å². The third kappa shape index (κ3) is 2.58. The molecule has 0 unspecified atom stereocenters. The Morgan fingerprint density at radius 1 is 1.42 bits per heavy atom. The van der Waals surface area contributed by atoms with E-state index in [1.807, 2.05) is 6.92 Å². The van der Waals surface area contributed by atoms with Crippen LogP contribution in [-0.4, -0.2) is 19.7 Å². The fourth-order valence-electron chi connectivity index (χ4n) is 1.64. The van der Waals surface area contributed by atoms with Crippen LogP contribution in [0.5, 0.6) is 11.6 Å². The lowest BCUT2D eigenvalue weighted by Crippen LogP contribution is -1.98. The van der Waals surface area contributed by atoms with E-state index in [1.54, 1.807) is 26.1 Å². The van der Waals surface area contributed by atoms with Crippen molar-refractivity contribution in [1.29, 1.82) is 0 Å². The van der Waals surface area contributed by atoms with E-state index >= 15 is 0 Å². The summed E-state index contributed by atoms with van der Waals surface area (Å²) >= 11 is 3.26. The molecule has 0 aliphatic heterocycles. The quantitative estimate of drug-likeness (QED) is 0.492. The van der Waals surface area contributed by atoms with Gasteiger partial charge in [-0.2, -0.15) is 5.10 Å². The number of pyridine rings is 1. The highest BCUT2D eigenvalue weighted by molar-refractivity contribution is 9.10. The Morgan fingerprint density at radius 2 is 2.11 bits per heavy atom. The topological polar surface area (TPSA) is 83.1 Å². The number of ether oxygens (including phenoxy) is 1. The lowest BCUT2D eigenvalue weighted by molar-refractivity contribution is -0.386. The molecule has 2 aromatic rings. The number of hydrogen-bond donors (Lipinski definition) is 0. The molecule has 2 rings (SSSR count). The van der Waals surface area contributed by atoms with Gasteiger partial charge in [-0.25, -0.2) is 9.67 Å². The minimum absolute atomic E-state index is 0.0776. The summed E-state index contributed by atoms with van der Waals surface area (Å²) in [5, 5.41) is 15.0. The molecular weight excluding hydrogens is 316 g/mol. The molecule has 0 radical (unpaired) electrons. The number of nitro groups is 1. The van der Waals surface area contributed by atoms with Gasteiger partial charge in [0.1, 0.15) is 10.3 Å². The van der Waals surface area contributed by atoms with Crippen LogP contribution in [0.15, 0.2) is 16.7 Å². The van der Waals surface area contributed by atoms with Gasteiger partial charge in [-0.15, -0.1) is 0 Å². The standard InChI is InChI=1S/C11H11BrN4O3/c1-6-4-5-8(10(12)13-6)19-11-9(16(17)18)7(2)14-15(11)3/h4-5H,1-3H3. The Kier molecular flexibility index (Phi) is 3.52. The molecule has 0 saturated heterocycles. The van der Waals surface area contributed by atoms with E-state index in [1.165, 1.54) is 4.68 Å². The monoisotopic (exact) mass is 326 g/mol. The van der Waals surface area contributed by atoms with Gasteiger partial charge in [-0.05, 0) is 41.9 Å². The zero-order chi connectivity index (χ0) is 14.2. The number of nitrogens with zero attached hydrogens (tertiary/aromatic N) is 4. The molecule has 0 aliphatic carbocycles. The molecule has 0 saturated carbocycles. The molecule has 7 nitrogen and oxygen atoms in total. The highest BCUT2D eigenvalue weighted by Crippen LogP contribution is 2.35. The van der Waals surface area contributed by atoms with Crippen molar-refractivity contribution < 1.29 is 9.66 Å². The zero-order valence-electron chi connectivity index (χ0n) is 10.5. The van der Waals surface area contributed by atoms with E-state index in [-0.39, 0.29) is 11.6 Å². The Morgan fingerprint density at radius 3 is 2.68 bits per heavy atom. The first-order valence-electron chi connectivity index (χ1n) is 5.39. The molecule has 0 atom stereocenters. The molecule has 19 heavy (non-hydrogen) atoms. The summed E-state index contributed by atoms with van der Waals surface area (Å²) in [5.74, 6) is 0.477. The lowest BCUT2D eigenvalue weighted by Gasteiger charge is -2.07. The fourth-order valence-corrected chi connectivity index (χ4v) is 2.14. The average Bonchev–Trinajstić information content (AvgIpc) is 2.57. The van der Waals surface area contributed by atoms with Gasteiger partial charge in [0.25, 0.3) is 5.88 Å². The largest absolute Gasteiger partial charge is 0.431 e. The van der Waals surface area contributed by atoms with Crippen molar-refractivity contribution in [2.45, 2.75) is 13.8 Å². The minimum atomic E-state index is -0.507. The van der Waals surface area contributed by atoms with Crippen molar-refractivity contribution in [2.75, 3.05) is 0 Å². The molecule has 0 fully saturated rings. The second-order valence-electron chi connectivity index (χ2n) is 3.96. The van der Waals surface area contributed by atoms with Crippen molar-refractivity contribution in [3.05, 3.63) is 38.2 Å². The summed E-state index contributed by atoms with van der Waals surface area (Å²) in [5.41, 5.74) is 0.976. The van der Waals surface area contributed by atoms with Crippen LogP contribution in [0, 0.1) is 24.0 Å². The number of aryl methyl sites for hydroxylation is 3. The summed E-state index contributed by atoms with van der Waals surface area (Å²) in [7, 11) is 1.59. The van der Waals surface area contributed by atoms with Crippen LogP contribution in [0.2, 0.25) is 0 Å². The van der Waals surface area contributed by atoms with Crippen molar-refractivity contribution in [2.24, 2.45) is 7.05 Å². The van der Waals surface area contributed by atoms with Crippen molar-refractivity contribution in [3.63, 3.8) is 0 Å². The summed E-state index contributed by atoms with van der Waals surface area (Å²) in [6, 6.07) is 3.45. The molecule has 8 heteroatoms. The van der Waals surface area contributed by atoms with E-state index < -0.39 is 4.92 Å². The van der Waals surface area contributed by atoms with Crippen molar-refractivity contribution in [3.8, 4) is 11.6 Å². The molecule has 0 bridgehead atoms. The summed E-state index contributed by atoms with van der Waals surface area (Å²) in [4.78, 5) is 14.7. The molecular formula is C11H11BrN4O3. The van der Waals surface area contributed by atoms with Gasteiger partial charge in [0.15, 0.2) is 5.75 Å². The third-order valence-electron chi connectivity index (χ3n) is 2.48. The van der Waals surface area contributed by atoms with Gasteiger partial charge in [0.2, 0.25) is 0 Å². The van der Waals surface area contributed by atoms with E-state index in [2.05, 4.69) is 26.0 Å². The second kappa shape index (κ2) is 4.96. The lowest BCUT2D eigenvalue weighted by atomic mass is 10.3. The van der Waals surface area contributed by atoms with Gasteiger partial charge in [0, 0.05) is 12.7 Å². The molecule has 0 aromatic carbocycles. The average molecular weight is 327 g/mol. The Bertz CT molecular complexity index is 654. The minimum Gasteiger partial charge on any atom is -0.431 e. The number of rotatable bonds is 3. The molecule has 0 spiro atoms. The molecule has 0 N–H and O–H groups in total. The van der Waals surface area contributed by atoms with E-state index in [4.69, 9.17) is 4.74 Å². The maximum atomic E-state index is 11.0. The van der Waals surface area contributed by atoms with Crippen molar-refractivity contribution in [1.82, 2.24) is 14.8 Å². The van der Waals surface area contributed by atoms with Crippen LogP contribution in [0.1, 0.15) is 11.4 Å². The first-order chi connectivity index (χ1) is 8.90. The first kappa shape index (κ1) is 13.5. The predicted molar refractivity (Wildman–Crippen MR) is 71.3 cm³/mol. The SMILES string of the molecule is Cc1ccc(Oc2c([N+](=O)[O-])c(C)nn2C)c(Br)n1. The van der Waals surface area contributed by atoms with Crippen LogP contribution >= 0.6 is 15.9 Å². The van der Waals surface area contributed by atoms with E-state index in [9.17, 15) is 10.1 Å². The van der Waals surface area contributed by atoms with Gasteiger partial charge in [0.05, 0.1) is 4.92 Å². The van der Waals surface area contributed by atoms with E-state index in [0.29, 0.717) is 16.0 Å². The van der Waals surface area contributed by atoms with Gasteiger partial charge in [-0.3, -0.25) is 10.1 Å². The smallest absolute Gasteiger partial charge is 0.353 e. The number of hydrogen-bond acceptors (Lipinski definition) is 5. The molecule has 0 aliphatic rings. The number of halogens is 1. The molecule has 2 heterocycles. The Hall–Kier alpha value is -1.96. The molecule has 100 valence electrons. The Balaban J connectivity index is 2.46. The summed E-state index contributed by atoms with van der Waals surface area (Å²) < 4.78 is 7.38. The van der Waals surface area contributed by atoms with Crippen LogP contribution in [0.25, 0.3) is 0 Å². The van der Waals surface area contributed by atoms with Gasteiger partial charge < -0.3 is 4.74 Å². The third-order valence-corrected chi connectivity index (χ3v) is 3.05. The maximum absolute atomic E-state index is 11.0. The first-order valence-corrected chi connectivity index (χ1v) is 6.18. The van der Waals surface area contributed by atoms with Crippen LogP contribution in [0.3, 0.4) is 0 Å². The second-order valence-corrected chi connectivity index (χ2v) is 4.71. The predicted octanol–water partition coefficient (Wildman–Crippen LogP) is 2.89. The molecule has 2 aromatic heterocycles.